The van der Waals surface area contributed by atoms with Crippen molar-refractivity contribution in [2.75, 3.05) is 18.0 Å². The highest BCUT2D eigenvalue weighted by Gasteiger charge is 2.31. The van der Waals surface area contributed by atoms with Crippen LogP contribution in [-0.4, -0.2) is 18.1 Å². The first-order chi connectivity index (χ1) is 10.5. The number of benzene rings is 1. The lowest BCUT2D eigenvalue weighted by Gasteiger charge is -2.33. The zero-order chi connectivity index (χ0) is 15.6. The van der Waals surface area contributed by atoms with Crippen LogP contribution in [0, 0.1) is 0 Å². The van der Waals surface area contributed by atoms with Crippen LogP contribution in [0.25, 0.3) is 0 Å². The largest absolute Gasteiger partial charge is 0.416 e. The molecule has 0 amide bonds. The molecule has 0 spiro atoms. The van der Waals surface area contributed by atoms with Crippen LogP contribution < -0.4 is 4.90 Å². The Morgan fingerprint density at radius 1 is 1.00 bits per heavy atom. The van der Waals surface area contributed by atoms with Gasteiger partial charge in [-0.25, -0.2) is 4.98 Å². The molecule has 2 nitrogen and oxygen atoms in total. The number of rotatable bonds is 2. The Labute approximate surface area is 127 Å². The Morgan fingerprint density at radius 2 is 1.77 bits per heavy atom. The fourth-order valence-corrected chi connectivity index (χ4v) is 2.95. The zero-order valence-corrected chi connectivity index (χ0v) is 12.1. The van der Waals surface area contributed by atoms with E-state index in [0.29, 0.717) is 0 Å². The van der Waals surface area contributed by atoms with Gasteiger partial charge in [-0.2, -0.15) is 13.2 Å². The SMILES string of the molecule is FC(F)(F)c1cccc(C2CCN(c3ccccn3)CC2)c1. The first-order valence-corrected chi connectivity index (χ1v) is 7.37. The molecule has 0 radical (unpaired) electrons. The smallest absolute Gasteiger partial charge is 0.357 e. The molecule has 1 saturated heterocycles. The highest BCUT2D eigenvalue weighted by Crippen LogP contribution is 2.34. The summed E-state index contributed by atoms with van der Waals surface area (Å²) < 4.78 is 38.4. The van der Waals surface area contributed by atoms with E-state index in [4.69, 9.17) is 0 Å². The number of anilines is 1. The first-order valence-electron chi connectivity index (χ1n) is 7.37. The molecule has 22 heavy (non-hydrogen) atoms. The fraction of sp³-hybridized carbons (Fsp3) is 0.353. The third-order valence-electron chi connectivity index (χ3n) is 4.15. The summed E-state index contributed by atoms with van der Waals surface area (Å²) in [4.78, 5) is 6.51. The highest BCUT2D eigenvalue weighted by atomic mass is 19.4. The number of piperidine rings is 1. The van der Waals surface area contributed by atoms with Crippen molar-refractivity contribution in [2.45, 2.75) is 24.9 Å². The predicted octanol–water partition coefficient (Wildman–Crippen LogP) is 4.48. The summed E-state index contributed by atoms with van der Waals surface area (Å²) >= 11 is 0. The summed E-state index contributed by atoms with van der Waals surface area (Å²) in [6.07, 6.45) is -0.825. The van der Waals surface area contributed by atoms with Gasteiger partial charge in [-0.05, 0) is 42.5 Å². The Kier molecular flexibility index (Phi) is 4.05. The van der Waals surface area contributed by atoms with Crippen LogP contribution in [-0.2, 0) is 6.18 Å². The molecule has 116 valence electrons. The molecule has 1 aromatic heterocycles. The van der Waals surface area contributed by atoms with Crippen molar-refractivity contribution in [3.63, 3.8) is 0 Å². The Morgan fingerprint density at radius 3 is 2.41 bits per heavy atom. The number of alkyl halides is 3. The Bertz CT molecular complexity index is 617. The van der Waals surface area contributed by atoms with Crippen molar-refractivity contribution in [2.24, 2.45) is 0 Å². The van der Waals surface area contributed by atoms with E-state index in [0.717, 1.165) is 43.4 Å². The van der Waals surface area contributed by atoms with Crippen molar-refractivity contribution in [3.8, 4) is 0 Å². The zero-order valence-electron chi connectivity index (χ0n) is 12.1. The normalized spacial score (nSPS) is 16.8. The maximum atomic E-state index is 12.8. The van der Waals surface area contributed by atoms with Gasteiger partial charge in [0.15, 0.2) is 0 Å². The number of hydrogen-bond donors (Lipinski definition) is 0. The van der Waals surface area contributed by atoms with Crippen molar-refractivity contribution < 1.29 is 13.2 Å². The molecular weight excluding hydrogens is 289 g/mol. The van der Waals surface area contributed by atoms with E-state index in [-0.39, 0.29) is 5.92 Å². The van der Waals surface area contributed by atoms with Gasteiger partial charge in [-0.3, -0.25) is 0 Å². The van der Waals surface area contributed by atoms with Crippen LogP contribution in [0.3, 0.4) is 0 Å². The Hall–Kier alpha value is -2.04. The van der Waals surface area contributed by atoms with Crippen LogP contribution >= 0.6 is 0 Å². The van der Waals surface area contributed by atoms with Gasteiger partial charge < -0.3 is 4.90 Å². The molecule has 1 fully saturated rings. The minimum absolute atomic E-state index is 0.183. The van der Waals surface area contributed by atoms with Crippen LogP contribution in [0.15, 0.2) is 48.7 Å². The molecule has 1 aliphatic heterocycles. The van der Waals surface area contributed by atoms with E-state index in [1.165, 1.54) is 12.1 Å². The molecule has 1 aliphatic rings. The molecule has 0 atom stereocenters. The maximum Gasteiger partial charge on any atom is 0.416 e. The molecule has 2 aromatic rings. The van der Waals surface area contributed by atoms with Gasteiger partial charge in [-0.1, -0.05) is 24.3 Å². The average Bonchev–Trinajstić information content (AvgIpc) is 2.55. The van der Waals surface area contributed by atoms with Gasteiger partial charge in [-0.15, -0.1) is 0 Å². The topological polar surface area (TPSA) is 16.1 Å². The summed E-state index contributed by atoms with van der Waals surface area (Å²) in [5, 5.41) is 0. The summed E-state index contributed by atoms with van der Waals surface area (Å²) in [6, 6.07) is 11.5. The summed E-state index contributed by atoms with van der Waals surface area (Å²) in [5.74, 6) is 1.12. The maximum absolute atomic E-state index is 12.8. The third kappa shape index (κ3) is 3.24. The standard InChI is InChI=1S/C17H17F3N2/c18-17(19,20)15-5-3-4-14(12-15)13-7-10-22(11-8-13)16-6-1-2-9-21-16/h1-6,9,12-13H,7-8,10-11H2. The minimum Gasteiger partial charge on any atom is -0.357 e. The second-order valence-corrected chi connectivity index (χ2v) is 5.57. The van der Waals surface area contributed by atoms with Crippen LogP contribution in [0.5, 0.6) is 0 Å². The van der Waals surface area contributed by atoms with E-state index in [1.54, 1.807) is 12.3 Å². The number of aromatic nitrogens is 1. The summed E-state index contributed by atoms with van der Waals surface area (Å²) in [5.41, 5.74) is 0.229. The van der Waals surface area contributed by atoms with Crippen molar-refractivity contribution in [3.05, 3.63) is 59.8 Å². The Balaban J connectivity index is 1.69. The van der Waals surface area contributed by atoms with Crippen LogP contribution in [0.4, 0.5) is 19.0 Å². The average molecular weight is 306 g/mol. The molecule has 0 unspecified atom stereocenters. The predicted molar refractivity (Wildman–Crippen MR) is 79.9 cm³/mol. The van der Waals surface area contributed by atoms with Gasteiger partial charge in [0.1, 0.15) is 5.82 Å². The summed E-state index contributed by atoms with van der Waals surface area (Å²) in [7, 11) is 0. The number of pyridine rings is 1. The van der Waals surface area contributed by atoms with Crippen LogP contribution in [0.1, 0.15) is 29.9 Å². The number of halogens is 3. The van der Waals surface area contributed by atoms with Gasteiger partial charge >= 0.3 is 6.18 Å². The molecule has 0 saturated carbocycles. The lowest BCUT2D eigenvalue weighted by molar-refractivity contribution is -0.137. The molecule has 0 N–H and O–H groups in total. The van der Waals surface area contributed by atoms with Crippen LogP contribution in [0.2, 0.25) is 0 Å². The van der Waals surface area contributed by atoms with Crippen molar-refractivity contribution in [1.82, 2.24) is 4.98 Å². The second kappa shape index (κ2) is 5.99. The van der Waals surface area contributed by atoms with E-state index >= 15 is 0 Å². The van der Waals surface area contributed by atoms with E-state index < -0.39 is 11.7 Å². The van der Waals surface area contributed by atoms with E-state index in [2.05, 4.69) is 9.88 Å². The lowest BCUT2D eigenvalue weighted by atomic mass is 9.88. The lowest BCUT2D eigenvalue weighted by Crippen LogP contribution is -2.33. The van der Waals surface area contributed by atoms with Gasteiger partial charge in [0.2, 0.25) is 0 Å². The number of hydrogen-bond acceptors (Lipinski definition) is 2. The molecular formula is C17H17F3N2. The van der Waals surface area contributed by atoms with Gasteiger partial charge in [0.25, 0.3) is 0 Å². The molecule has 0 bridgehead atoms. The first kappa shape index (κ1) is 14.9. The molecule has 0 aliphatic carbocycles. The van der Waals surface area contributed by atoms with Crippen molar-refractivity contribution >= 4 is 5.82 Å². The van der Waals surface area contributed by atoms with E-state index in [1.807, 2.05) is 18.2 Å². The van der Waals surface area contributed by atoms with E-state index in [9.17, 15) is 13.2 Å². The second-order valence-electron chi connectivity index (χ2n) is 5.57. The fourth-order valence-electron chi connectivity index (χ4n) is 2.95. The molecule has 3 rings (SSSR count). The van der Waals surface area contributed by atoms with Gasteiger partial charge in [0.05, 0.1) is 5.56 Å². The monoisotopic (exact) mass is 306 g/mol. The molecule has 2 heterocycles. The number of nitrogens with zero attached hydrogens (tertiary/aromatic N) is 2. The van der Waals surface area contributed by atoms with Crippen molar-refractivity contribution in [1.29, 1.82) is 0 Å². The minimum atomic E-state index is -4.27. The molecule has 1 aromatic carbocycles. The molecule has 5 heteroatoms. The quantitative estimate of drug-likeness (QED) is 0.813. The highest BCUT2D eigenvalue weighted by molar-refractivity contribution is 5.39. The third-order valence-corrected chi connectivity index (χ3v) is 4.15. The van der Waals surface area contributed by atoms with Gasteiger partial charge in [0, 0.05) is 19.3 Å². The summed E-state index contributed by atoms with van der Waals surface area (Å²) in [6.45, 7) is 1.63.